The van der Waals surface area contributed by atoms with Gasteiger partial charge in [0.25, 0.3) is 0 Å². The number of azide groups is 1. The number of nitrogens with zero attached hydrogens (tertiary/aromatic N) is 4. The van der Waals surface area contributed by atoms with E-state index >= 15 is 0 Å². The Labute approximate surface area is 444 Å². The highest BCUT2D eigenvalue weighted by Gasteiger charge is 2.46. The van der Waals surface area contributed by atoms with Gasteiger partial charge in [-0.05, 0) is 167 Å². The molecule has 3 unspecified atom stereocenters. The molecule has 386 valence electrons. The first-order chi connectivity index (χ1) is 36.4. The Bertz CT molecular complexity index is 2820. The van der Waals surface area contributed by atoms with Crippen LogP contribution in [0.25, 0.3) is 32.7 Å². The number of para-hydroxylation sites is 2. The Kier molecular flexibility index (Phi) is 18.1. The van der Waals surface area contributed by atoms with Crippen LogP contribution >= 0.6 is 0 Å². The molecule has 0 aliphatic heterocycles. The van der Waals surface area contributed by atoms with Crippen molar-refractivity contribution < 1.29 is 0 Å². The molecule has 0 fully saturated rings. The molecule has 3 atom stereocenters. The van der Waals surface area contributed by atoms with Gasteiger partial charge in [0, 0.05) is 33.7 Å². The Morgan fingerprint density at radius 3 is 1.80 bits per heavy atom. The monoisotopic (exact) mass is 985 g/mol. The molecule has 0 spiro atoms. The normalized spacial score (nSPS) is 18.8. The number of nitrogens with one attached hydrogen (secondary N) is 1. The average Bonchev–Trinajstić information content (AvgIpc) is 3.88. The first-order valence-electron chi connectivity index (χ1n) is 29.1. The summed E-state index contributed by atoms with van der Waals surface area (Å²) >= 11 is 0. The molecule has 4 aliphatic carbocycles. The van der Waals surface area contributed by atoms with Gasteiger partial charge < -0.3 is 5.32 Å². The van der Waals surface area contributed by atoms with Crippen LogP contribution in [-0.4, -0.2) is 6.54 Å². The fourth-order valence-electron chi connectivity index (χ4n) is 13.5. The molecule has 0 bridgehead atoms. The van der Waals surface area contributed by atoms with Gasteiger partial charge in [-0.2, -0.15) is 0 Å². The molecular weight excluding hydrogens is 901 g/mol. The van der Waals surface area contributed by atoms with Crippen LogP contribution in [0.2, 0.25) is 0 Å². The lowest BCUT2D eigenvalue weighted by Gasteiger charge is -2.38. The number of hydrogen-bond acceptors (Lipinski definition) is 4. The van der Waals surface area contributed by atoms with Gasteiger partial charge in [0.1, 0.15) is 0 Å². The summed E-state index contributed by atoms with van der Waals surface area (Å²) < 4.78 is 0. The summed E-state index contributed by atoms with van der Waals surface area (Å²) in [5.41, 5.74) is 27.8. The van der Waals surface area contributed by atoms with Crippen molar-refractivity contribution in [3.05, 3.63) is 189 Å². The summed E-state index contributed by atoms with van der Waals surface area (Å²) in [4.78, 5) is 3.00. The summed E-state index contributed by atoms with van der Waals surface area (Å²) in [5, 5.41) is 9.47. The number of rotatable bonds is 28. The highest BCUT2D eigenvalue weighted by Crippen LogP contribution is 2.59. The van der Waals surface area contributed by atoms with Crippen LogP contribution in [0.15, 0.2) is 156 Å². The van der Waals surface area contributed by atoms with Gasteiger partial charge in [-0.25, -0.2) is 5.84 Å². The van der Waals surface area contributed by atoms with Crippen molar-refractivity contribution in [1.82, 2.24) is 0 Å². The van der Waals surface area contributed by atoms with E-state index in [1.54, 1.807) is 5.57 Å². The lowest BCUT2D eigenvalue weighted by atomic mass is 9.65. The molecule has 5 aromatic rings. The van der Waals surface area contributed by atoms with Gasteiger partial charge in [-0.15, -0.1) is 0 Å². The number of benzene rings is 5. The molecule has 0 amide bonds. The number of allylic oxidation sites excluding steroid dienone is 8. The van der Waals surface area contributed by atoms with Crippen molar-refractivity contribution >= 4 is 33.9 Å². The van der Waals surface area contributed by atoms with Crippen LogP contribution in [0.3, 0.4) is 0 Å². The first-order valence-corrected chi connectivity index (χ1v) is 29.1. The molecular formula is C68H84N6. The molecule has 0 heterocycles. The highest BCUT2D eigenvalue weighted by molar-refractivity contribution is 5.89. The maximum atomic E-state index is 8.89. The predicted molar refractivity (Wildman–Crippen MR) is 316 cm³/mol. The Morgan fingerprint density at radius 1 is 0.568 bits per heavy atom. The van der Waals surface area contributed by atoms with E-state index in [0.29, 0.717) is 18.4 Å². The minimum atomic E-state index is -0.0728. The molecule has 3 N–H and O–H groups in total. The van der Waals surface area contributed by atoms with Gasteiger partial charge in [0.15, 0.2) is 0 Å². The predicted octanol–water partition coefficient (Wildman–Crippen LogP) is 20.1. The zero-order chi connectivity index (χ0) is 51.2. The zero-order valence-electron chi connectivity index (χ0n) is 45.1. The zero-order valence-corrected chi connectivity index (χ0v) is 45.1. The van der Waals surface area contributed by atoms with Crippen molar-refractivity contribution in [2.75, 3.05) is 16.9 Å². The van der Waals surface area contributed by atoms with Gasteiger partial charge in [-0.3, -0.25) is 5.01 Å². The Morgan fingerprint density at radius 2 is 1.15 bits per heavy atom. The standard InChI is InChI=1S/C68H84N6/c1-4-7-10-21-42-67(45-24-13-14-25-46-71-73-69)63-47-53(34-38-59(63)61-40-36-56(49-65(61)67)72-55-26-17-15-18-27-55)51-30-32-52(33-31-51)54-35-39-60-62-41-37-58(74(70)57-28-19-16-20-29-57)50-66(62)68(64(60)48-54,43-22-11-8-5-2)44-23-12-9-6-3/h15-20,26-32,34-41,47,49-50,52,54,72H,4-14,21-25,33,42-46,48,70H2,1-3H3. The van der Waals surface area contributed by atoms with Crippen LogP contribution < -0.4 is 16.2 Å². The molecule has 0 radical (unpaired) electrons. The molecule has 4 aliphatic rings. The first kappa shape index (κ1) is 52.8. The van der Waals surface area contributed by atoms with E-state index in [1.165, 1.54) is 140 Å². The third-order valence-electron chi connectivity index (χ3n) is 17.5. The van der Waals surface area contributed by atoms with E-state index in [2.05, 4.69) is 182 Å². The lowest BCUT2D eigenvalue weighted by Crippen LogP contribution is -2.30. The summed E-state index contributed by atoms with van der Waals surface area (Å²) in [6.45, 7) is 7.57. The van der Waals surface area contributed by atoms with Crippen molar-refractivity contribution in [3.63, 3.8) is 0 Å². The lowest BCUT2D eigenvalue weighted by molar-refractivity contribution is 0.360. The van der Waals surface area contributed by atoms with Crippen LogP contribution in [0.4, 0.5) is 22.7 Å². The second-order valence-electron chi connectivity index (χ2n) is 22.2. The Hall–Kier alpha value is -6.07. The molecule has 0 saturated heterocycles. The molecule has 6 heteroatoms. The van der Waals surface area contributed by atoms with Crippen molar-refractivity contribution in [3.8, 4) is 11.1 Å². The highest BCUT2D eigenvalue weighted by atomic mass is 15.4. The summed E-state index contributed by atoms with van der Waals surface area (Å²) in [6.07, 6.45) is 39.0. The van der Waals surface area contributed by atoms with Gasteiger partial charge in [-0.1, -0.05) is 219 Å². The largest absolute Gasteiger partial charge is 0.356 e. The number of nitrogens with two attached hydrogens (primary N) is 1. The SMILES string of the molecule is CCCCCCC1(CCCCCC)C2=C(C=CC(C3C=CC(c4ccc5c(c4)C(CCCCCC)(CCCCCCN=[N+]=[N-])c4cc(Nc6ccccc6)ccc4-5)=CC3)C2)c2ccc(N(N)c3ccccc3)cc21. The van der Waals surface area contributed by atoms with Crippen LogP contribution in [0, 0.1) is 11.8 Å². The molecule has 6 nitrogen and oxygen atoms in total. The number of fused-ring (bicyclic) bond motifs is 5. The van der Waals surface area contributed by atoms with Crippen LogP contribution in [0.5, 0.6) is 0 Å². The minimum Gasteiger partial charge on any atom is -0.356 e. The summed E-state index contributed by atoms with van der Waals surface area (Å²) in [5.74, 6) is 7.84. The average molecular weight is 985 g/mol. The number of hydrogen-bond donors (Lipinski definition) is 2. The van der Waals surface area contributed by atoms with E-state index in [4.69, 9.17) is 11.4 Å². The molecule has 0 saturated carbocycles. The quantitative estimate of drug-likeness (QED) is 0.0131. The van der Waals surface area contributed by atoms with Crippen molar-refractivity contribution in [2.45, 2.75) is 173 Å². The van der Waals surface area contributed by atoms with Gasteiger partial charge in [0.2, 0.25) is 0 Å². The molecule has 5 aromatic carbocycles. The van der Waals surface area contributed by atoms with E-state index in [-0.39, 0.29) is 10.8 Å². The molecule has 74 heavy (non-hydrogen) atoms. The van der Waals surface area contributed by atoms with E-state index in [0.717, 1.165) is 74.1 Å². The molecule has 9 rings (SSSR count). The fourth-order valence-corrected chi connectivity index (χ4v) is 13.5. The van der Waals surface area contributed by atoms with Crippen molar-refractivity contribution in [2.24, 2.45) is 22.8 Å². The minimum absolute atomic E-state index is 0.0252. The van der Waals surface area contributed by atoms with Crippen molar-refractivity contribution in [1.29, 1.82) is 0 Å². The van der Waals surface area contributed by atoms with E-state index < -0.39 is 0 Å². The van der Waals surface area contributed by atoms with Gasteiger partial charge >= 0.3 is 0 Å². The summed E-state index contributed by atoms with van der Waals surface area (Å²) in [6, 6.07) is 42.8. The smallest absolute Gasteiger partial charge is 0.0578 e. The summed E-state index contributed by atoms with van der Waals surface area (Å²) in [7, 11) is 0. The maximum absolute atomic E-state index is 8.89. The fraction of sp³-hybridized carbons (Fsp3) is 0.441. The van der Waals surface area contributed by atoms with Crippen LogP contribution in [0.1, 0.15) is 190 Å². The third kappa shape index (κ3) is 11.6. The number of hydrazine groups is 1. The van der Waals surface area contributed by atoms with Gasteiger partial charge in [0.05, 0.1) is 11.4 Å². The Balaban J connectivity index is 0.998. The molecule has 0 aromatic heterocycles. The number of unbranched alkanes of at least 4 members (excludes halogenated alkanes) is 12. The van der Waals surface area contributed by atoms with E-state index in [1.807, 2.05) is 5.01 Å². The second kappa shape index (κ2) is 25.4. The maximum Gasteiger partial charge on any atom is 0.0578 e. The van der Waals surface area contributed by atoms with Crippen LogP contribution in [-0.2, 0) is 10.8 Å². The third-order valence-corrected chi connectivity index (χ3v) is 17.5. The topological polar surface area (TPSA) is 90.0 Å². The van der Waals surface area contributed by atoms with E-state index in [9.17, 15) is 0 Å². The number of anilines is 4. The second-order valence-corrected chi connectivity index (χ2v) is 22.2.